The van der Waals surface area contributed by atoms with Crippen molar-refractivity contribution in [1.29, 1.82) is 0 Å². The molecular formula is C14H17NO. The number of hydrogen-bond donors (Lipinski definition) is 1. The van der Waals surface area contributed by atoms with E-state index in [1.54, 1.807) is 7.11 Å². The molecule has 2 aliphatic rings. The van der Waals surface area contributed by atoms with Crippen molar-refractivity contribution in [3.8, 4) is 0 Å². The van der Waals surface area contributed by atoms with Gasteiger partial charge in [-0.1, -0.05) is 30.3 Å². The van der Waals surface area contributed by atoms with Crippen LogP contribution in [0, 0.1) is 17.8 Å². The van der Waals surface area contributed by atoms with Gasteiger partial charge in [-0.15, -0.1) is 0 Å². The average molecular weight is 215 g/mol. The van der Waals surface area contributed by atoms with Gasteiger partial charge in [0, 0.05) is 0 Å². The average Bonchev–Trinajstić information content (AvgIpc) is 2.80. The Bertz CT molecular complexity index is 388. The molecule has 2 fully saturated rings. The summed E-state index contributed by atoms with van der Waals surface area (Å²) in [6.45, 7) is 2.34. The number of methoxy groups -OCH3 is 1. The van der Waals surface area contributed by atoms with Gasteiger partial charge < -0.3 is 10.1 Å². The van der Waals surface area contributed by atoms with Crippen molar-refractivity contribution in [2.45, 2.75) is 0 Å². The number of nitrogens with one attached hydrogen (secondary N) is 1. The molecule has 1 saturated heterocycles. The van der Waals surface area contributed by atoms with Crippen LogP contribution in [0.15, 0.2) is 36.6 Å². The van der Waals surface area contributed by atoms with Crippen molar-refractivity contribution in [3.05, 3.63) is 42.2 Å². The van der Waals surface area contributed by atoms with Gasteiger partial charge in [0.2, 0.25) is 0 Å². The summed E-state index contributed by atoms with van der Waals surface area (Å²) in [6, 6.07) is 10.6. The van der Waals surface area contributed by atoms with E-state index < -0.39 is 0 Å². The fourth-order valence-corrected chi connectivity index (χ4v) is 2.98. The Balaban J connectivity index is 1.86. The van der Waals surface area contributed by atoms with Crippen molar-refractivity contribution in [2.75, 3.05) is 20.2 Å². The highest BCUT2D eigenvalue weighted by atomic mass is 16.5. The van der Waals surface area contributed by atoms with E-state index in [2.05, 4.69) is 35.6 Å². The molecule has 1 heterocycles. The fraction of sp³-hybridized carbons (Fsp3) is 0.429. The number of ether oxygens (including phenoxy) is 1. The zero-order chi connectivity index (χ0) is 11.0. The van der Waals surface area contributed by atoms with Crippen LogP contribution in [0.25, 0.3) is 5.57 Å². The van der Waals surface area contributed by atoms with Gasteiger partial charge in [-0.25, -0.2) is 0 Å². The monoisotopic (exact) mass is 215 g/mol. The molecule has 0 aromatic heterocycles. The molecule has 3 rings (SSSR count). The zero-order valence-corrected chi connectivity index (χ0v) is 9.52. The molecule has 0 amide bonds. The van der Waals surface area contributed by atoms with Crippen molar-refractivity contribution < 1.29 is 4.74 Å². The normalized spacial score (nSPS) is 32.3. The minimum absolute atomic E-state index is 0.712. The van der Waals surface area contributed by atoms with E-state index in [0.717, 1.165) is 11.8 Å². The Morgan fingerprint density at radius 3 is 2.56 bits per heavy atom. The van der Waals surface area contributed by atoms with Crippen LogP contribution in [-0.2, 0) is 4.74 Å². The van der Waals surface area contributed by atoms with Gasteiger partial charge in [-0.05, 0) is 42.0 Å². The van der Waals surface area contributed by atoms with Crippen LogP contribution in [0.2, 0.25) is 0 Å². The van der Waals surface area contributed by atoms with Crippen molar-refractivity contribution in [1.82, 2.24) is 5.32 Å². The van der Waals surface area contributed by atoms with Gasteiger partial charge in [0.25, 0.3) is 0 Å². The minimum Gasteiger partial charge on any atom is -0.504 e. The molecule has 0 spiro atoms. The molecule has 1 N–H and O–H groups in total. The highest BCUT2D eigenvalue weighted by Gasteiger charge is 2.54. The van der Waals surface area contributed by atoms with E-state index in [9.17, 15) is 0 Å². The Labute approximate surface area is 96.3 Å². The van der Waals surface area contributed by atoms with Gasteiger partial charge in [-0.2, -0.15) is 0 Å². The minimum atomic E-state index is 0.712. The van der Waals surface area contributed by atoms with Crippen molar-refractivity contribution in [2.24, 2.45) is 17.8 Å². The number of hydrogen-bond acceptors (Lipinski definition) is 2. The summed E-state index contributed by atoms with van der Waals surface area (Å²) in [6.07, 6.45) is 1.93. The van der Waals surface area contributed by atoms with Crippen LogP contribution in [-0.4, -0.2) is 20.2 Å². The highest BCUT2D eigenvalue weighted by molar-refractivity contribution is 5.70. The lowest BCUT2D eigenvalue weighted by atomic mass is 10.00. The molecular weight excluding hydrogens is 198 g/mol. The number of allylic oxidation sites excluding steroid dienone is 1. The first kappa shape index (κ1) is 9.91. The van der Waals surface area contributed by atoms with Gasteiger partial charge in [0.05, 0.1) is 13.4 Å². The van der Waals surface area contributed by atoms with E-state index in [1.165, 1.54) is 24.2 Å². The Hall–Kier alpha value is -1.28. The third-order valence-electron chi connectivity index (χ3n) is 3.80. The number of rotatable bonds is 3. The van der Waals surface area contributed by atoms with Crippen LogP contribution in [0.4, 0.5) is 0 Å². The second-order valence-corrected chi connectivity index (χ2v) is 4.69. The molecule has 2 nitrogen and oxygen atoms in total. The van der Waals surface area contributed by atoms with Gasteiger partial charge in [-0.3, -0.25) is 0 Å². The lowest BCUT2D eigenvalue weighted by molar-refractivity contribution is 0.338. The molecule has 0 bridgehead atoms. The second-order valence-electron chi connectivity index (χ2n) is 4.69. The van der Waals surface area contributed by atoms with E-state index in [1.807, 2.05) is 6.26 Å². The molecule has 84 valence electrons. The summed E-state index contributed by atoms with van der Waals surface area (Å²) in [5, 5.41) is 3.43. The maximum atomic E-state index is 5.24. The molecule has 16 heavy (non-hydrogen) atoms. The standard InChI is InChI=1S/C14H17NO/c1-16-9-13(10-5-3-2-4-6-10)14-11-7-15-8-12(11)14/h2-6,9,11-12,14-15H,7-8H2,1H3. The van der Waals surface area contributed by atoms with Crippen LogP contribution < -0.4 is 5.32 Å². The summed E-state index contributed by atoms with van der Waals surface area (Å²) >= 11 is 0. The first-order chi connectivity index (χ1) is 7.92. The number of benzene rings is 1. The second kappa shape index (κ2) is 3.95. The summed E-state index contributed by atoms with van der Waals surface area (Å²) in [5.41, 5.74) is 2.68. The summed E-state index contributed by atoms with van der Waals surface area (Å²) in [5.74, 6) is 2.38. The Kier molecular flexibility index (Phi) is 2.44. The van der Waals surface area contributed by atoms with E-state index in [0.29, 0.717) is 5.92 Å². The molecule has 1 aromatic rings. The lowest BCUT2D eigenvalue weighted by Crippen LogP contribution is -2.15. The van der Waals surface area contributed by atoms with Crippen LogP contribution in [0.1, 0.15) is 5.56 Å². The van der Waals surface area contributed by atoms with E-state index in [-0.39, 0.29) is 0 Å². The van der Waals surface area contributed by atoms with E-state index in [4.69, 9.17) is 4.74 Å². The maximum absolute atomic E-state index is 5.24. The first-order valence-electron chi connectivity index (χ1n) is 5.91. The number of fused-ring (bicyclic) bond motifs is 1. The van der Waals surface area contributed by atoms with Crippen molar-refractivity contribution in [3.63, 3.8) is 0 Å². The highest BCUT2D eigenvalue weighted by Crippen LogP contribution is 2.55. The quantitative estimate of drug-likeness (QED) is 0.780. The number of piperidine rings is 1. The summed E-state index contributed by atoms with van der Waals surface area (Å²) < 4.78 is 5.24. The van der Waals surface area contributed by atoms with Crippen molar-refractivity contribution >= 4 is 5.57 Å². The lowest BCUT2D eigenvalue weighted by Gasteiger charge is -2.10. The molecule has 0 radical (unpaired) electrons. The Morgan fingerprint density at radius 2 is 1.94 bits per heavy atom. The van der Waals surface area contributed by atoms with Crippen LogP contribution in [0.5, 0.6) is 0 Å². The van der Waals surface area contributed by atoms with Crippen LogP contribution >= 0.6 is 0 Å². The molecule has 2 unspecified atom stereocenters. The SMILES string of the molecule is COC=C(c1ccccc1)C1C2CNCC21. The third kappa shape index (κ3) is 1.54. The molecule has 2 heteroatoms. The van der Waals surface area contributed by atoms with Crippen LogP contribution in [0.3, 0.4) is 0 Å². The zero-order valence-electron chi connectivity index (χ0n) is 9.52. The van der Waals surface area contributed by atoms with E-state index >= 15 is 0 Å². The summed E-state index contributed by atoms with van der Waals surface area (Å²) in [7, 11) is 1.74. The van der Waals surface area contributed by atoms with Gasteiger partial charge >= 0.3 is 0 Å². The topological polar surface area (TPSA) is 21.3 Å². The molecule has 1 aliphatic heterocycles. The predicted octanol–water partition coefficient (Wildman–Crippen LogP) is 2.14. The smallest absolute Gasteiger partial charge is 0.0865 e. The first-order valence-corrected chi connectivity index (χ1v) is 5.91. The Morgan fingerprint density at radius 1 is 1.25 bits per heavy atom. The molecule has 1 aliphatic carbocycles. The fourth-order valence-electron chi connectivity index (χ4n) is 2.98. The molecule has 1 saturated carbocycles. The summed E-state index contributed by atoms with van der Waals surface area (Å²) in [4.78, 5) is 0. The molecule has 1 aromatic carbocycles. The van der Waals surface area contributed by atoms with Gasteiger partial charge in [0.1, 0.15) is 0 Å². The largest absolute Gasteiger partial charge is 0.504 e. The molecule has 2 atom stereocenters. The predicted molar refractivity (Wildman–Crippen MR) is 64.8 cm³/mol. The third-order valence-corrected chi connectivity index (χ3v) is 3.80. The van der Waals surface area contributed by atoms with Gasteiger partial charge in [0.15, 0.2) is 0 Å². The maximum Gasteiger partial charge on any atom is 0.0865 e.